The smallest absolute Gasteiger partial charge is 0.134 e. The second kappa shape index (κ2) is 7.54. The van der Waals surface area contributed by atoms with Gasteiger partial charge in [0.15, 0.2) is 0 Å². The van der Waals surface area contributed by atoms with Gasteiger partial charge in [-0.05, 0) is 18.8 Å². The van der Waals surface area contributed by atoms with Crippen LogP contribution in [0.5, 0.6) is 5.75 Å². The first-order chi connectivity index (χ1) is 7.95. The summed E-state index contributed by atoms with van der Waals surface area (Å²) >= 11 is 0. The second-order valence-corrected chi connectivity index (χ2v) is 4.58. The third-order valence-electron chi connectivity index (χ3n) is 2.71. The van der Waals surface area contributed by atoms with E-state index in [4.69, 9.17) is 10.5 Å². The van der Waals surface area contributed by atoms with Gasteiger partial charge in [-0.2, -0.15) is 0 Å². The number of rotatable bonds is 5. The van der Waals surface area contributed by atoms with E-state index >= 15 is 0 Å². The summed E-state index contributed by atoms with van der Waals surface area (Å²) in [5.41, 5.74) is 5.77. The van der Waals surface area contributed by atoms with Crippen LogP contribution in [0.3, 0.4) is 0 Å². The Morgan fingerprint density at radius 1 is 1.17 bits per heavy atom. The monoisotopic (exact) mass is 279 g/mol. The lowest BCUT2D eigenvalue weighted by atomic mass is 9.97. The molecule has 0 amide bonds. The molecule has 0 saturated heterocycles. The summed E-state index contributed by atoms with van der Waals surface area (Å²) in [5, 5.41) is 0. The van der Waals surface area contributed by atoms with E-state index in [1.807, 2.05) is 13.8 Å². The van der Waals surface area contributed by atoms with Gasteiger partial charge in [-0.3, -0.25) is 0 Å². The van der Waals surface area contributed by atoms with Crippen LogP contribution >= 0.6 is 12.4 Å². The van der Waals surface area contributed by atoms with Crippen molar-refractivity contribution in [3.05, 3.63) is 29.3 Å². The van der Waals surface area contributed by atoms with Gasteiger partial charge in [0.25, 0.3) is 0 Å². The van der Waals surface area contributed by atoms with Crippen LogP contribution in [0.1, 0.15) is 38.3 Å². The fourth-order valence-electron chi connectivity index (χ4n) is 1.69. The predicted octanol–water partition coefficient (Wildman–Crippen LogP) is 3.83. The summed E-state index contributed by atoms with van der Waals surface area (Å²) in [6.07, 6.45) is 1.41. The van der Waals surface area contributed by atoms with Gasteiger partial charge >= 0.3 is 0 Å². The standard InChI is InChI=1S/C13H19F2NO.ClH/c1-8(2)4-5-12(16)13-10(14)6-9(17-3)7-11(13)15;/h6-8,12H,4-5,16H2,1-3H3;1H/t12-;/m1./s1. The average Bonchev–Trinajstić information content (AvgIpc) is 2.25. The molecule has 1 rings (SSSR count). The minimum absolute atomic E-state index is 0. The molecular formula is C13H20ClF2NO. The highest BCUT2D eigenvalue weighted by Crippen LogP contribution is 2.27. The zero-order valence-electron chi connectivity index (χ0n) is 10.9. The first-order valence-corrected chi connectivity index (χ1v) is 5.74. The topological polar surface area (TPSA) is 35.2 Å². The number of halogens is 3. The minimum Gasteiger partial charge on any atom is -0.497 e. The highest BCUT2D eigenvalue weighted by molar-refractivity contribution is 5.85. The van der Waals surface area contributed by atoms with Crippen molar-refractivity contribution in [2.24, 2.45) is 11.7 Å². The molecular weight excluding hydrogens is 260 g/mol. The van der Waals surface area contributed by atoms with Crippen molar-refractivity contribution in [2.75, 3.05) is 7.11 Å². The fraction of sp³-hybridized carbons (Fsp3) is 0.538. The van der Waals surface area contributed by atoms with E-state index in [1.54, 1.807) is 0 Å². The molecule has 0 aliphatic rings. The zero-order chi connectivity index (χ0) is 13.0. The predicted molar refractivity (Wildman–Crippen MR) is 71.2 cm³/mol. The Kier molecular flexibility index (Phi) is 7.18. The first-order valence-electron chi connectivity index (χ1n) is 5.74. The zero-order valence-corrected chi connectivity index (χ0v) is 11.7. The van der Waals surface area contributed by atoms with Crippen LogP contribution in [0, 0.1) is 17.6 Å². The molecule has 0 bridgehead atoms. The molecule has 0 fully saturated rings. The summed E-state index contributed by atoms with van der Waals surface area (Å²) in [7, 11) is 1.37. The van der Waals surface area contributed by atoms with Gasteiger partial charge in [0.05, 0.1) is 7.11 Å². The maximum Gasteiger partial charge on any atom is 0.134 e. The molecule has 5 heteroatoms. The molecule has 1 aromatic carbocycles. The molecule has 2 N–H and O–H groups in total. The largest absolute Gasteiger partial charge is 0.497 e. The molecule has 0 radical (unpaired) electrons. The third kappa shape index (κ3) is 4.42. The number of methoxy groups -OCH3 is 1. The van der Waals surface area contributed by atoms with E-state index < -0.39 is 17.7 Å². The third-order valence-corrected chi connectivity index (χ3v) is 2.71. The van der Waals surface area contributed by atoms with E-state index in [9.17, 15) is 8.78 Å². The molecule has 0 aliphatic heterocycles. The van der Waals surface area contributed by atoms with E-state index in [-0.39, 0.29) is 23.7 Å². The van der Waals surface area contributed by atoms with Crippen LogP contribution in [0.4, 0.5) is 8.78 Å². The molecule has 0 unspecified atom stereocenters. The molecule has 0 heterocycles. The van der Waals surface area contributed by atoms with Crippen LogP contribution in [0.25, 0.3) is 0 Å². The Morgan fingerprint density at radius 3 is 2.06 bits per heavy atom. The van der Waals surface area contributed by atoms with E-state index in [1.165, 1.54) is 7.11 Å². The summed E-state index contributed by atoms with van der Waals surface area (Å²) in [6, 6.07) is 1.71. The molecule has 18 heavy (non-hydrogen) atoms. The SMILES string of the molecule is COc1cc(F)c([C@H](N)CCC(C)C)c(F)c1.Cl. The lowest BCUT2D eigenvalue weighted by Gasteiger charge is -2.16. The normalized spacial score (nSPS) is 12.2. The van der Waals surface area contributed by atoms with Gasteiger partial charge in [-0.25, -0.2) is 8.78 Å². The van der Waals surface area contributed by atoms with Gasteiger partial charge in [0, 0.05) is 23.7 Å². The van der Waals surface area contributed by atoms with Crippen molar-refractivity contribution in [3.63, 3.8) is 0 Å². The van der Waals surface area contributed by atoms with Crippen molar-refractivity contribution in [1.82, 2.24) is 0 Å². The number of benzene rings is 1. The molecule has 0 spiro atoms. The van der Waals surface area contributed by atoms with E-state index in [2.05, 4.69) is 0 Å². The van der Waals surface area contributed by atoms with Gasteiger partial charge in [0.2, 0.25) is 0 Å². The van der Waals surface area contributed by atoms with Crippen molar-refractivity contribution in [3.8, 4) is 5.75 Å². The van der Waals surface area contributed by atoms with Crippen molar-refractivity contribution < 1.29 is 13.5 Å². The summed E-state index contributed by atoms with van der Waals surface area (Å²) in [5.74, 6) is -0.651. The highest BCUT2D eigenvalue weighted by atomic mass is 35.5. The van der Waals surface area contributed by atoms with Crippen molar-refractivity contribution >= 4 is 12.4 Å². The lowest BCUT2D eigenvalue weighted by Crippen LogP contribution is -2.15. The number of hydrogen-bond acceptors (Lipinski definition) is 2. The Bertz CT molecular complexity index is 362. The Morgan fingerprint density at radius 2 is 1.67 bits per heavy atom. The summed E-state index contributed by atoms with van der Waals surface area (Å²) < 4.78 is 32.1. The lowest BCUT2D eigenvalue weighted by molar-refractivity contribution is 0.401. The van der Waals surface area contributed by atoms with Crippen LogP contribution < -0.4 is 10.5 Å². The Balaban J connectivity index is 0.00000289. The number of hydrogen-bond donors (Lipinski definition) is 1. The van der Waals surface area contributed by atoms with Gasteiger partial charge < -0.3 is 10.5 Å². The molecule has 0 aromatic heterocycles. The molecule has 2 nitrogen and oxygen atoms in total. The molecule has 0 saturated carbocycles. The van der Waals surface area contributed by atoms with Crippen molar-refractivity contribution in [1.29, 1.82) is 0 Å². The molecule has 1 aromatic rings. The van der Waals surface area contributed by atoms with Gasteiger partial charge in [-0.15, -0.1) is 12.4 Å². The van der Waals surface area contributed by atoms with E-state index in [0.29, 0.717) is 12.3 Å². The number of nitrogens with two attached hydrogens (primary N) is 1. The van der Waals surface area contributed by atoms with Gasteiger partial charge in [0.1, 0.15) is 17.4 Å². The van der Waals surface area contributed by atoms with Crippen LogP contribution in [0.2, 0.25) is 0 Å². The number of ether oxygens (including phenoxy) is 1. The quantitative estimate of drug-likeness (QED) is 0.889. The van der Waals surface area contributed by atoms with E-state index in [0.717, 1.165) is 18.6 Å². The highest BCUT2D eigenvalue weighted by Gasteiger charge is 2.18. The maximum atomic E-state index is 13.7. The Hall–Kier alpha value is -0.870. The Labute approximate surface area is 113 Å². The van der Waals surface area contributed by atoms with Crippen LogP contribution in [0.15, 0.2) is 12.1 Å². The van der Waals surface area contributed by atoms with Gasteiger partial charge in [-0.1, -0.05) is 13.8 Å². The second-order valence-electron chi connectivity index (χ2n) is 4.58. The van der Waals surface area contributed by atoms with Crippen LogP contribution in [-0.4, -0.2) is 7.11 Å². The summed E-state index contributed by atoms with van der Waals surface area (Å²) in [6.45, 7) is 4.10. The average molecular weight is 280 g/mol. The summed E-state index contributed by atoms with van der Waals surface area (Å²) in [4.78, 5) is 0. The van der Waals surface area contributed by atoms with Crippen molar-refractivity contribution in [2.45, 2.75) is 32.7 Å². The van der Waals surface area contributed by atoms with Crippen LogP contribution in [-0.2, 0) is 0 Å². The minimum atomic E-state index is -0.641. The molecule has 1 atom stereocenters. The molecule has 0 aliphatic carbocycles. The maximum absolute atomic E-state index is 13.7. The first kappa shape index (κ1) is 17.1. The fourth-order valence-corrected chi connectivity index (χ4v) is 1.69. The molecule has 104 valence electrons.